The van der Waals surface area contributed by atoms with E-state index in [9.17, 15) is 18.0 Å². The largest absolute Gasteiger partial charge is 0.449 e. The highest BCUT2D eigenvalue weighted by molar-refractivity contribution is 5.85. The summed E-state index contributed by atoms with van der Waals surface area (Å²) in [6.07, 6.45) is 0.0878. The standard InChI is InChI=1S/C26H34F3N5O2.ClH/c1-19-16-33(24-15-30-23(14-31-24)26(27,28)29)17-20(2)34(19)25(35)36-13-10-21-8-11-32(12-9-21)18-22-6-4-3-5-7-22;/h3-7,14-15,19-21H,8-13,16-18H2,1-2H3;1H/t19-,20+;. The second-order valence-electron chi connectivity index (χ2n) is 9.88. The molecule has 2 aromatic rings. The monoisotopic (exact) mass is 541 g/mol. The summed E-state index contributed by atoms with van der Waals surface area (Å²) in [6.45, 7) is 8.17. The predicted molar refractivity (Wildman–Crippen MR) is 138 cm³/mol. The molecule has 0 radical (unpaired) electrons. The summed E-state index contributed by atoms with van der Waals surface area (Å²) >= 11 is 0. The van der Waals surface area contributed by atoms with E-state index in [1.165, 1.54) is 5.56 Å². The Hall–Kier alpha value is -2.59. The average Bonchev–Trinajstić information content (AvgIpc) is 2.85. The van der Waals surface area contributed by atoms with Crippen molar-refractivity contribution in [3.63, 3.8) is 0 Å². The van der Waals surface area contributed by atoms with Crippen molar-refractivity contribution in [2.45, 2.75) is 57.9 Å². The Balaban J connectivity index is 0.00000380. The van der Waals surface area contributed by atoms with Crippen LogP contribution in [0.5, 0.6) is 0 Å². The first-order valence-corrected chi connectivity index (χ1v) is 12.6. The fourth-order valence-corrected chi connectivity index (χ4v) is 5.16. The first kappa shape index (κ1) is 29.0. The van der Waals surface area contributed by atoms with Gasteiger partial charge >= 0.3 is 12.3 Å². The van der Waals surface area contributed by atoms with Crippen LogP contribution in [0.15, 0.2) is 42.7 Å². The number of hydrogen-bond donors (Lipinski definition) is 0. The predicted octanol–water partition coefficient (Wildman–Crippen LogP) is 5.26. The molecule has 0 unspecified atom stereocenters. The number of anilines is 1. The van der Waals surface area contributed by atoms with Gasteiger partial charge in [-0.05, 0) is 57.7 Å². The Bertz CT molecular complexity index is 976. The minimum Gasteiger partial charge on any atom is -0.449 e. The Labute approximate surface area is 222 Å². The number of benzene rings is 1. The van der Waals surface area contributed by atoms with Crippen LogP contribution in [-0.2, 0) is 17.5 Å². The number of halogens is 4. The maximum absolute atomic E-state index is 12.8. The highest BCUT2D eigenvalue weighted by Gasteiger charge is 2.36. The van der Waals surface area contributed by atoms with Crippen LogP contribution >= 0.6 is 12.4 Å². The number of carbonyl (C=O) groups excluding carboxylic acids is 1. The van der Waals surface area contributed by atoms with Crippen molar-refractivity contribution in [1.29, 1.82) is 0 Å². The molecular formula is C26H35ClF3N5O2. The number of amides is 1. The molecule has 2 aliphatic rings. The van der Waals surface area contributed by atoms with Crippen molar-refractivity contribution in [3.8, 4) is 0 Å². The minimum absolute atomic E-state index is 0. The Morgan fingerprint density at radius 2 is 1.68 bits per heavy atom. The topological polar surface area (TPSA) is 61.8 Å². The lowest BCUT2D eigenvalue weighted by Crippen LogP contribution is -2.59. The summed E-state index contributed by atoms with van der Waals surface area (Å²) in [5, 5.41) is 0. The number of piperazine rings is 1. The van der Waals surface area contributed by atoms with E-state index in [4.69, 9.17) is 4.74 Å². The molecule has 204 valence electrons. The number of likely N-dealkylation sites (tertiary alicyclic amines) is 1. The van der Waals surface area contributed by atoms with Gasteiger partial charge in [-0.3, -0.25) is 9.80 Å². The number of piperidine rings is 1. The van der Waals surface area contributed by atoms with Crippen molar-refractivity contribution < 1.29 is 22.7 Å². The third kappa shape index (κ3) is 7.70. The number of ether oxygens (including phenoxy) is 1. The molecule has 11 heteroatoms. The molecule has 37 heavy (non-hydrogen) atoms. The second kappa shape index (κ2) is 12.8. The van der Waals surface area contributed by atoms with Crippen LogP contribution in [0.2, 0.25) is 0 Å². The number of hydrogen-bond acceptors (Lipinski definition) is 6. The lowest BCUT2D eigenvalue weighted by Gasteiger charge is -2.44. The molecule has 1 aromatic carbocycles. The molecule has 2 aliphatic heterocycles. The van der Waals surface area contributed by atoms with Gasteiger partial charge in [-0.1, -0.05) is 30.3 Å². The molecule has 1 aromatic heterocycles. The van der Waals surface area contributed by atoms with Crippen molar-refractivity contribution >= 4 is 24.3 Å². The summed E-state index contributed by atoms with van der Waals surface area (Å²) in [5.41, 5.74) is 0.315. The molecule has 7 nitrogen and oxygen atoms in total. The van der Waals surface area contributed by atoms with E-state index in [0.717, 1.165) is 51.3 Å². The number of alkyl halides is 3. The first-order chi connectivity index (χ1) is 17.2. The van der Waals surface area contributed by atoms with Gasteiger partial charge in [0.05, 0.1) is 31.1 Å². The van der Waals surface area contributed by atoms with E-state index in [0.29, 0.717) is 31.4 Å². The zero-order chi connectivity index (χ0) is 25.7. The molecule has 3 heterocycles. The maximum atomic E-state index is 12.8. The highest BCUT2D eigenvalue weighted by atomic mass is 35.5. The summed E-state index contributed by atoms with van der Waals surface area (Å²) in [5.74, 6) is 0.920. The molecule has 0 bridgehead atoms. The molecule has 0 N–H and O–H groups in total. The molecule has 0 aliphatic carbocycles. The zero-order valence-electron chi connectivity index (χ0n) is 21.2. The van der Waals surface area contributed by atoms with E-state index in [1.807, 2.05) is 24.8 Å². The molecular weight excluding hydrogens is 507 g/mol. The van der Waals surface area contributed by atoms with Crippen LogP contribution in [-0.4, -0.2) is 70.7 Å². The van der Waals surface area contributed by atoms with Gasteiger partial charge in [-0.2, -0.15) is 13.2 Å². The summed E-state index contributed by atoms with van der Waals surface area (Å²) < 4.78 is 43.9. The van der Waals surface area contributed by atoms with Crippen LogP contribution in [0.25, 0.3) is 0 Å². The average molecular weight is 542 g/mol. The Kier molecular flexibility index (Phi) is 10.0. The summed E-state index contributed by atoms with van der Waals surface area (Å²) in [6, 6.07) is 10.1. The van der Waals surface area contributed by atoms with Crippen LogP contribution in [0.4, 0.5) is 23.8 Å². The van der Waals surface area contributed by atoms with Crippen LogP contribution in [0.1, 0.15) is 44.4 Å². The third-order valence-electron chi connectivity index (χ3n) is 7.09. The molecule has 4 rings (SSSR count). The van der Waals surface area contributed by atoms with Crippen molar-refractivity contribution in [3.05, 3.63) is 54.0 Å². The number of aromatic nitrogens is 2. The van der Waals surface area contributed by atoms with Crippen LogP contribution < -0.4 is 4.90 Å². The van der Waals surface area contributed by atoms with Crippen molar-refractivity contribution in [2.24, 2.45) is 5.92 Å². The summed E-state index contributed by atoms with van der Waals surface area (Å²) in [7, 11) is 0. The number of carbonyl (C=O) groups is 1. The highest BCUT2D eigenvalue weighted by Crippen LogP contribution is 2.28. The SMILES string of the molecule is C[C@@H]1CN(c2cnc(C(F)(F)F)cn2)C[C@H](C)N1C(=O)OCCC1CCN(Cc2ccccc2)CC1.Cl. The van der Waals surface area contributed by atoms with Gasteiger partial charge in [0.25, 0.3) is 0 Å². The third-order valence-corrected chi connectivity index (χ3v) is 7.09. The van der Waals surface area contributed by atoms with Crippen molar-refractivity contribution in [2.75, 3.05) is 37.7 Å². The molecule has 2 atom stereocenters. The quantitative estimate of drug-likeness (QED) is 0.497. The van der Waals surface area contributed by atoms with Gasteiger partial charge in [0, 0.05) is 19.6 Å². The van der Waals surface area contributed by atoms with E-state index in [-0.39, 0.29) is 30.6 Å². The van der Waals surface area contributed by atoms with E-state index in [2.05, 4.69) is 39.1 Å². The number of nitrogens with zero attached hydrogens (tertiary/aromatic N) is 5. The van der Waals surface area contributed by atoms with Crippen LogP contribution in [0.3, 0.4) is 0 Å². The molecule has 0 saturated carbocycles. The van der Waals surface area contributed by atoms with Crippen LogP contribution in [0, 0.1) is 5.92 Å². The molecule has 1 amide bonds. The van der Waals surface area contributed by atoms with E-state index in [1.54, 1.807) is 4.90 Å². The maximum Gasteiger partial charge on any atom is 0.434 e. The molecule has 2 fully saturated rings. The Morgan fingerprint density at radius 3 is 2.24 bits per heavy atom. The second-order valence-corrected chi connectivity index (χ2v) is 9.88. The van der Waals surface area contributed by atoms with Gasteiger partial charge < -0.3 is 9.64 Å². The smallest absolute Gasteiger partial charge is 0.434 e. The Morgan fingerprint density at radius 1 is 1.03 bits per heavy atom. The molecule has 0 spiro atoms. The van der Waals surface area contributed by atoms with Gasteiger partial charge in [-0.15, -0.1) is 12.4 Å². The zero-order valence-corrected chi connectivity index (χ0v) is 22.0. The summed E-state index contributed by atoms with van der Waals surface area (Å²) in [4.78, 5) is 26.3. The van der Waals surface area contributed by atoms with Gasteiger partial charge in [0.15, 0.2) is 5.69 Å². The number of rotatable bonds is 6. The van der Waals surface area contributed by atoms with Gasteiger partial charge in [0.2, 0.25) is 0 Å². The molecule has 2 saturated heterocycles. The normalized spacial score (nSPS) is 21.4. The van der Waals surface area contributed by atoms with Gasteiger partial charge in [0.1, 0.15) is 5.82 Å². The lowest BCUT2D eigenvalue weighted by atomic mass is 9.93. The van der Waals surface area contributed by atoms with E-state index < -0.39 is 11.9 Å². The lowest BCUT2D eigenvalue weighted by molar-refractivity contribution is -0.141. The fourth-order valence-electron chi connectivity index (χ4n) is 5.16. The minimum atomic E-state index is -4.52. The fraction of sp³-hybridized carbons (Fsp3) is 0.577. The first-order valence-electron chi connectivity index (χ1n) is 12.6. The van der Waals surface area contributed by atoms with Crippen molar-refractivity contribution in [1.82, 2.24) is 19.8 Å². The van der Waals surface area contributed by atoms with Gasteiger partial charge in [-0.25, -0.2) is 14.8 Å². The van der Waals surface area contributed by atoms with E-state index >= 15 is 0 Å².